The minimum Gasteiger partial charge on any atom is -0.357 e. The predicted molar refractivity (Wildman–Crippen MR) is 129 cm³/mol. The molecule has 0 aromatic heterocycles. The molecule has 0 bridgehead atoms. The van der Waals surface area contributed by atoms with Gasteiger partial charge in [-0.1, -0.05) is 31.2 Å². The second-order valence-corrected chi connectivity index (χ2v) is 8.26. The van der Waals surface area contributed by atoms with Gasteiger partial charge >= 0.3 is 0 Å². The summed E-state index contributed by atoms with van der Waals surface area (Å²) in [6.07, 6.45) is 2.61. The number of halogens is 1. The first-order chi connectivity index (χ1) is 13.1. The molecular formula is C22H38IN5. The number of piperazine rings is 1. The molecule has 2 aliphatic rings. The Labute approximate surface area is 188 Å². The first kappa shape index (κ1) is 23.4. The second-order valence-electron chi connectivity index (χ2n) is 8.26. The molecule has 2 fully saturated rings. The Hall–Kier alpha value is -0.860. The van der Waals surface area contributed by atoms with Gasteiger partial charge in [0.2, 0.25) is 0 Å². The fourth-order valence-corrected chi connectivity index (χ4v) is 3.99. The van der Waals surface area contributed by atoms with Crippen LogP contribution in [0.4, 0.5) is 0 Å². The van der Waals surface area contributed by atoms with Crippen molar-refractivity contribution in [3.63, 3.8) is 0 Å². The Kier molecular flexibility index (Phi) is 10.0. The van der Waals surface area contributed by atoms with E-state index in [-0.39, 0.29) is 24.0 Å². The van der Waals surface area contributed by atoms with Gasteiger partial charge in [0.25, 0.3) is 0 Å². The molecular weight excluding hydrogens is 461 g/mol. The third-order valence-corrected chi connectivity index (χ3v) is 5.73. The summed E-state index contributed by atoms with van der Waals surface area (Å²) in [7, 11) is 2.21. The molecule has 2 saturated heterocycles. The molecule has 0 spiro atoms. The highest BCUT2D eigenvalue weighted by Crippen LogP contribution is 2.16. The van der Waals surface area contributed by atoms with Gasteiger partial charge in [-0.15, -0.1) is 24.0 Å². The van der Waals surface area contributed by atoms with E-state index in [1.54, 1.807) is 0 Å². The van der Waals surface area contributed by atoms with Gasteiger partial charge < -0.3 is 15.1 Å². The minimum atomic E-state index is 0. The maximum absolute atomic E-state index is 4.91. The number of aliphatic imine (C=N–C) groups is 1. The zero-order valence-corrected chi connectivity index (χ0v) is 20.2. The molecule has 1 aromatic rings. The Bertz CT molecular complexity index is 595. The number of nitrogens with zero attached hydrogens (tertiary/aromatic N) is 4. The van der Waals surface area contributed by atoms with Crippen molar-refractivity contribution in [2.45, 2.75) is 39.8 Å². The normalized spacial score (nSPS) is 22.0. The molecule has 0 amide bonds. The highest BCUT2D eigenvalue weighted by Gasteiger charge is 2.19. The van der Waals surface area contributed by atoms with Crippen LogP contribution in [0.1, 0.15) is 37.8 Å². The van der Waals surface area contributed by atoms with Crippen molar-refractivity contribution in [2.24, 2.45) is 10.9 Å². The van der Waals surface area contributed by atoms with Crippen LogP contribution in [0.2, 0.25) is 0 Å². The fraction of sp³-hybridized carbons (Fsp3) is 0.682. The summed E-state index contributed by atoms with van der Waals surface area (Å²) >= 11 is 0. The van der Waals surface area contributed by atoms with E-state index in [0.29, 0.717) is 0 Å². The van der Waals surface area contributed by atoms with Crippen molar-refractivity contribution >= 4 is 29.9 Å². The molecule has 3 rings (SSSR count). The Morgan fingerprint density at radius 2 is 1.75 bits per heavy atom. The highest BCUT2D eigenvalue weighted by atomic mass is 127. The molecule has 2 heterocycles. The van der Waals surface area contributed by atoms with Crippen molar-refractivity contribution in [2.75, 3.05) is 52.9 Å². The first-order valence-corrected chi connectivity index (χ1v) is 10.7. The number of benzene rings is 1. The van der Waals surface area contributed by atoms with E-state index in [2.05, 4.69) is 65.2 Å². The number of rotatable bonds is 5. The molecule has 0 saturated carbocycles. The second kappa shape index (κ2) is 12.0. The standard InChI is InChI=1S/C22H37N5.HI/c1-4-23-22(27-11-5-6-19(2)17-27)24-16-20-7-9-21(10-8-20)18-26-14-12-25(3)13-15-26;/h7-10,19H,4-6,11-18H2,1-3H3,(H,23,24);1H. The van der Waals surface area contributed by atoms with Crippen LogP contribution in [0.25, 0.3) is 0 Å². The van der Waals surface area contributed by atoms with E-state index in [1.165, 1.54) is 50.1 Å². The SMILES string of the molecule is CCNC(=NCc1ccc(CN2CCN(C)CC2)cc1)N1CCCC(C)C1.I. The lowest BCUT2D eigenvalue weighted by Gasteiger charge is -2.33. The fourth-order valence-electron chi connectivity index (χ4n) is 3.99. The minimum absolute atomic E-state index is 0. The van der Waals surface area contributed by atoms with Crippen molar-refractivity contribution in [3.8, 4) is 0 Å². The van der Waals surface area contributed by atoms with Crippen LogP contribution >= 0.6 is 24.0 Å². The number of hydrogen-bond acceptors (Lipinski definition) is 3. The summed E-state index contributed by atoms with van der Waals surface area (Å²) in [5, 5.41) is 3.48. The Morgan fingerprint density at radius 1 is 1.07 bits per heavy atom. The Balaban J connectivity index is 0.00000280. The van der Waals surface area contributed by atoms with Crippen molar-refractivity contribution in [1.82, 2.24) is 20.0 Å². The van der Waals surface area contributed by atoms with Crippen LogP contribution in [0.3, 0.4) is 0 Å². The van der Waals surface area contributed by atoms with Gasteiger partial charge in [0.15, 0.2) is 5.96 Å². The average molecular weight is 499 g/mol. The van der Waals surface area contributed by atoms with Crippen LogP contribution in [0.15, 0.2) is 29.3 Å². The van der Waals surface area contributed by atoms with E-state index in [4.69, 9.17) is 4.99 Å². The van der Waals surface area contributed by atoms with Gasteiger partial charge in [0.05, 0.1) is 6.54 Å². The summed E-state index contributed by atoms with van der Waals surface area (Å²) in [5.41, 5.74) is 2.70. The van der Waals surface area contributed by atoms with Gasteiger partial charge in [-0.05, 0) is 43.9 Å². The number of nitrogens with one attached hydrogen (secondary N) is 1. The maximum atomic E-state index is 4.91. The van der Waals surface area contributed by atoms with E-state index >= 15 is 0 Å². The van der Waals surface area contributed by atoms with Gasteiger partial charge in [-0.2, -0.15) is 0 Å². The third kappa shape index (κ3) is 7.19. The highest BCUT2D eigenvalue weighted by molar-refractivity contribution is 14.0. The van der Waals surface area contributed by atoms with Gasteiger partial charge in [0.1, 0.15) is 0 Å². The summed E-state index contributed by atoms with van der Waals surface area (Å²) in [5.74, 6) is 1.84. The first-order valence-electron chi connectivity index (χ1n) is 10.7. The summed E-state index contributed by atoms with van der Waals surface area (Å²) in [6.45, 7) is 14.2. The van der Waals surface area contributed by atoms with Gasteiger partial charge in [-0.3, -0.25) is 4.90 Å². The molecule has 1 N–H and O–H groups in total. The van der Waals surface area contributed by atoms with E-state index in [0.717, 1.165) is 44.6 Å². The van der Waals surface area contributed by atoms with E-state index in [9.17, 15) is 0 Å². The maximum Gasteiger partial charge on any atom is 0.194 e. The lowest BCUT2D eigenvalue weighted by atomic mass is 10.0. The topological polar surface area (TPSA) is 34.1 Å². The van der Waals surface area contributed by atoms with Crippen LogP contribution in [0, 0.1) is 5.92 Å². The van der Waals surface area contributed by atoms with E-state index in [1.807, 2.05) is 0 Å². The van der Waals surface area contributed by atoms with Crippen molar-refractivity contribution < 1.29 is 0 Å². The van der Waals surface area contributed by atoms with Crippen LogP contribution in [0.5, 0.6) is 0 Å². The van der Waals surface area contributed by atoms with Crippen molar-refractivity contribution in [1.29, 1.82) is 0 Å². The lowest BCUT2D eigenvalue weighted by molar-refractivity contribution is 0.148. The van der Waals surface area contributed by atoms with Gasteiger partial charge in [0, 0.05) is 52.4 Å². The average Bonchev–Trinajstić information content (AvgIpc) is 2.68. The molecule has 2 aliphatic heterocycles. The molecule has 28 heavy (non-hydrogen) atoms. The zero-order valence-electron chi connectivity index (χ0n) is 17.9. The number of guanidine groups is 1. The molecule has 1 atom stereocenters. The van der Waals surface area contributed by atoms with Gasteiger partial charge in [-0.25, -0.2) is 4.99 Å². The smallest absolute Gasteiger partial charge is 0.194 e. The van der Waals surface area contributed by atoms with Crippen LogP contribution < -0.4 is 5.32 Å². The number of piperidine rings is 1. The van der Waals surface area contributed by atoms with Crippen LogP contribution in [-0.4, -0.2) is 73.5 Å². The largest absolute Gasteiger partial charge is 0.357 e. The number of likely N-dealkylation sites (tertiary alicyclic amines) is 1. The summed E-state index contributed by atoms with van der Waals surface area (Å²) < 4.78 is 0. The summed E-state index contributed by atoms with van der Waals surface area (Å²) in [4.78, 5) is 12.3. The molecule has 6 heteroatoms. The van der Waals surface area contributed by atoms with Crippen molar-refractivity contribution in [3.05, 3.63) is 35.4 Å². The number of hydrogen-bond donors (Lipinski definition) is 1. The molecule has 1 aromatic carbocycles. The van der Waals surface area contributed by atoms with E-state index < -0.39 is 0 Å². The molecule has 0 aliphatic carbocycles. The zero-order chi connectivity index (χ0) is 19.1. The molecule has 158 valence electrons. The molecule has 5 nitrogen and oxygen atoms in total. The van der Waals surface area contributed by atoms with Crippen LogP contribution in [-0.2, 0) is 13.1 Å². The molecule has 0 radical (unpaired) electrons. The number of likely N-dealkylation sites (N-methyl/N-ethyl adjacent to an activating group) is 1. The summed E-state index contributed by atoms with van der Waals surface area (Å²) in [6, 6.07) is 9.05. The predicted octanol–water partition coefficient (Wildman–Crippen LogP) is 3.25. The lowest BCUT2D eigenvalue weighted by Crippen LogP contribution is -2.46. The Morgan fingerprint density at radius 3 is 2.39 bits per heavy atom. The monoisotopic (exact) mass is 499 g/mol. The molecule has 1 unspecified atom stereocenters. The quantitative estimate of drug-likeness (QED) is 0.383. The third-order valence-electron chi connectivity index (χ3n) is 5.73.